The van der Waals surface area contributed by atoms with Gasteiger partial charge in [-0.05, 0) is 27.7 Å². The SMILES string of the molecule is Brc1csc(Sc2ncn[nH]2)n1. The third kappa shape index (κ3) is 1.85. The highest BCUT2D eigenvalue weighted by molar-refractivity contribution is 9.10. The van der Waals surface area contributed by atoms with Gasteiger partial charge in [0.15, 0.2) is 9.50 Å². The first kappa shape index (κ1) is 8.21. The molecule has 2 aromatic heterocycles. The van der Waals surface area contributed by atoms with Crippen LogP contribution in [-0.2, 0) is 0 Å². The van der Waals surface area contributed by atoms with E-state index in [4.69, 9.17) is 0 Å². The van der Waals surface area contributed by atoms with Gasteiger partial charge in [-0.3, -0.25) is 5.10 Å². The third-order valence-corrected chi connectivity index (χ3v) is 3.57. The van der Waals surface area contributed by atoms with Crippen LogP contribution in [0.3, 0.4) is 0 Å². The molecule has 62 valence electrons. The van der Waals surface area contributed by atoms with Gasteiger partial charge in [0.1, 0.15) is 10.9 Å². The van der Waals surface area contributed by atoms with Gasteiger partial charge in [-0.2, -0.15) is 5.10 Å². The lowest BCUT2D eigenvalue weighted by Crippen LogP contribution is -1.74. The van der Waals surface area contributed by atoms with E-state index in [0.29, 0.717) is 0 Å². The van der Waals surface area contributed by atoms with Gasteiger partial charge < -0.3 is 0 Å². The molecule has 7 heteroatoms. The average molecular weight is 263 g/mol. The topological polar surface area (TPSA) is 54.5 Å². The summed E-state index contributed by atoms with van der Waals surface area (Å²) in [5.74, 6) is 0. The molecule has 0 aliphatic rings. The van der Waals surface area contributed by atoms with Crippen molar-refractivity contribution in [1.29, 1.82) is 0 Å². The molecule has 2 aromatic rings. The van der Waals surface area contributed by atoms with E-state index in [1.165, 1.54) is 18.1 Å². The molecule has 0 saturated heterocycles. The molecule has 0 aromatic carbocycles. The van der Waals surface area contributed by atoms with Crippen LogP contribution in [0.2, 0.25) is 0 Å². The first-order valence-corrected chi connectivity index (χ1v) is 5.48. The van der Waals surface area contributed by atoms with Gasteiger partial charge in [-0.15, -0.1) is 11.3 Å². The van der Waals surface area contributed by atoms with Gasteiger partial charge >= 0.3 is 0 Å². The number of halogens is 1. The van der Waals surface area contributed by atoms with Crippen LogP contribution in [-0.4, -0.2) is 20.2 Å². The highest BCUT2D eigenvalue weighted by Gasteiger charge is 2.03. The molecule has 0 amide bonds. The Morgan fingerprint density at radius 2 is 2.50 bits per heavy atom. The lowest BCUT2D eigenvalue weighted by atomic mass is 11.0. The lowest BCUT2D eigenvalue weighted by Gasteiger charge is -1.87. The summed E-state index contributed by atoms with van der Waals surface area (Å²) in [7, 11) is 0. The number of aromatic nitrogens is 4. The lowest BCUT2D eigenvalue weighted by molar-refractivity contribution is 0.971. The zero-order chi connectivity index (χ0) is 8.39. The molecule has 0 radical (unpaired) electrons. The molecule has 0 atom stereocenters. The first-order chi connectivity index (χ1) is 5.84. The van der Waals surface area contributed by atoms with Gasteiger partial charge in [0.25, 0.3) is 0 Å². The molecular formula is C5H3BrN4S2. The van der Waals surface area contributed by atoms with Gasteiger partial charge in [0.2, 0.25) is 0 Å². The largest absolute Gasteiger partial charge is 0.254 e. The Balaban J connectivity index is 2.14. The van der Waals surface area contributed by atoms with E-state index in [0.717, 1.165) is 14.1 Å². The summed E-state index contributed by atoms with van der Waals surface area (Å²) in [6.45, 7) is 0. The van der Waals surface area contributed by atoms with Crippen molar-refractivity contribution in [1.82, 2.24) is 20.2 Å². The van der Waals surface area contributed by atoms with Gasteiger partial charge in [-0.25, -0.2) is 9.97 Å². The second-order valence-electron chi connectivity index (χ2n) is 1.83. The summed E-state index contributed by atoms with van der Waals surface area (Å²) in [5.41, 5.74) is 0. The normalized spacial score (nSPS) is 10.4. The molecule has 2 rings (SSSR count). The van der Waals surface area contributed by atoms with Crippen molar-refractivity contribution in [3.63, 3.8) is 0 Å². The minimum atomic E-state index is 0.761. The molecule has 0 aliphatic heterocycles. The number of hydrogen-bond acceptors (Lipinski definition) is 5. The van der Waals surface area contributed by atoms with Crippen LogP contribution in [0.1, 0.15) is 0 Å². The summed E-state index contributed by atoms with van der Waals surface area (Å²) in [6, 6.07) is 0. The standard InChI is InChI=1S/C5H3BrN4S2/c6-3-1-11-5(9-3)12-4-7-2-8-10-4/h1-2H,(H,7,8,10). The van der Waals surface area contributed by atoms with E-state index < -0.39 is 0 Å². The van der Waals surface area contributed by atoms with Crippen LogP contribution < -0.4 is 0 Å². The third-order valence-electron chi connectivity index (χ3n) is 1.03. The summed E-state index contributed by atoms with van der Waals surface area (Å²) >= 11 is 6.30. The predicted octanol–water partition coefficient (Wildman–Crippen LogP) is 2.17. The highest BCUT2D eigenvalue weighted by Crippen LogP contribution is 2.28. The highest BCUT2D eigenvalue weighted by atomic mass is 79.9. The zero-order valence-electron chi connectivity index (χ0n) is 5.69. The molecule has 0 spiro atoms. The summed E-state index contributed by atoms with van der Waals surface area (Å²) in [4.78, 5) is 8.16. The Kier molecular flexibility index (Phi) is 2.43. The van der Waals surface area contributed by atoms with Crippen molar-refractivity contribution in [2.45, 2.75) is 9.50 Å². The van der Waals surface area contributed by atoms with Gasteiger partial charge in [0, 0.05) is 5.38 Å². The monoisotopic (exact) mass is 262 g/mol. The second kappa shape index (κ2) is 3.55. The number of nitrogens with zero attached hydrogens (tertiary/aromatic N) is 3. The van der Waals surface area contributed by atoms with Crippen molar-refractivity contribution in [3.05, 3.63) is 16.3 Å². The van der Waals surface area contributed by atoms with Gasteiger partial charge in [-0.1, -0.05) is 0 Å². The van der Waals surface area contributed by atoms with E-state index in [-0.39, 0.29) is 0 Å². The van der Waals surface area contributed by atoms with Crippen molar-refractivity contribution in [3.8, 4) is 0 Å². The maximum absolute atomic E-state index is 4.20. The fourth-order valence-electron chi connectivity index (χ4n) is 0.612. The number of aromatic amines is 1. The van der Waals surface area contributed by atoms with Crippen LogP contribution >= 0.6 is 39.0 Å². The van der Waals surface area contributed by atoms with E-state index in [9.17, 15) is 0 Å². The quantitative estimate of drug-likeness (QED) is 0.902. The number of H-pyrrole nitrogens is 1. The van der Waals surface area contributed by atoms with Crippen LogP contribution in [0.15, 0.2) is 25.8 Å². The Labute approximate surface area is 85.0 Å². The molecule has 0 bridgehead atoms. The summed E-state index contributed by atoms with van der Waals surface area (Å²) in [6.07, 6.45) is 1.48. The Hall–Kier alpha value is -0.400. The van der Waals surface area contributed by atoms with Crippen molar-refractivity contribution < 1.29 is 0 Å². The molecule has 12 heavy (non-hydrogen) atoms. The van der Waals surface area contributed by atoms with Crippen molar-refractivity contribution in [2.75, 3.05) is 0 Å². The average Bonchev–Trinajstić information content (AvgIpc) is 2.63. The van der Waals surface area contributed by atoms with E-state index >= 15 is 0 Å². The number of hydrogen-bond donors (Lipinski definition) is 1. The number of nitrogens with one attached hydrogen (secondary N) is 1. The molecule has 4 nitrogen and oxygen atoms in total. The molecule has 1 N–H and O–H groups in total. The second-order valence-corrected chi connectivity index (χ2v) is 4.74. The maximum Gasteiger partial charge on any atom is 0.190 e. The Bertz CT molecular complexity index is 357. The van der Waals surface area contributed by atoms with Crippen LogP contribution in [0.5, 0.6) is 0 Å². The first-order valence-electron chi connectivity index (χ1n) is 2.99. The minimum Gasteiger partial charge on any atom is -0.254 e. The molecule has 0 fully saturated rings. The van der Waals surface area contributed by atoms with E-state index in [1.54, 1.807) is 11.3 Å². The van der Waals surface area contributed by atoms with Crippen molar-refractivity contribution in [2.24, 2.45) is 0 Å². The fraction of sp³-hybridized carbons (Fsp3) is 0. The zero-order valence-corrected chi connectivity index (χ0v) is 8.91. The van der Waals surface area contributed by atoms with Crippen molar-refractivity contribution >= 4 is 39.0 Å². The predicted molar refractivity (Wildman–Crippen MR) is 50.3 cm³/mol. The molecule has 0 saturated carbocycles. The fourth-order valence-corrected chi connectivity index (χ4v) is 2.79. The Morgan fingerprint density at radius 3 is 3.08 bits per heavy atom. The molecule has 0 aliphatic carbocycles. The van der Waals surface area contributed by atoms with Crippen LogP contribution in [0.25, 0.3) is 0 Å². The molecule has 2 heterocycles. The molecular weight excluding hydrogens is 260 g/mol. The Morgan fingerprint density at radius 1 is 1.58 bits per heavy atom. The molecule has 0 unspecified atom stereocenters. The smallest absolute Gasteiger partial charge is 0.190 e. The minimum absolute atomic E-state index is 0.761. The van der Waals surface area contributed by atoms with E-state index in [2.05, 4.69) is 36.1 Å². The summed E-state index contributed by atoms with van der Waals surface area (Å²) < 4.78 is 1.80. The van der Waals surface area contributed by atoms with Crippen LogP contribution in [0, 0.1) is 0 Å². The number of thiazole rings is 1. The van der Waals surface area contributed by atoms with E-state index in [1.807, 2.05) is 5.38 Å². The number of rotatable bonds is 2. The summed E-state index contributed by atoms with van der Waals surface area (Å²) in [5, 5.41) is 9.17. The van der Waals surface area contributed by atoms with Gasteiger partial charge in [0.05, 0.1) is 0 Å². The van der Waals surface area contributed by atoms with Crippen LogP contribution in [0.4, 0.5) is 0 Å². The maximum atomic E-state index is 4.20.